The van der Waals surface area contributed by atoms with Crippen molar-refractivity contribution in [1.82, 2.24) is 0 Å². The Labute approximate surface area is 233 Å². The van der Waals surface area contributed by atoms with E-state index in [4.69, 9.17) is 0 Å². The van der Waals surface area contributed by atoms with Crippen LogP contribution in [0.2, 0.25) is 13.1 Å². The van der Waals surface area contributed by atoms with E-state index in [2.05, 4.69) is 109 Å². The SMILES string of the molecule is CC1=[C-]C2=CC=CCC(C=[Si](C)C)C2=C1C1c2ccccc2-c2ccccc21.C[N-]C.C[N-]C.[Hf]. The van der Waals surface area contributed by atoms with Crippen LogP contribution in [0.15, 0.2) is 89.1 Å². The summed E-state index contributed by atoms with van der Waals surface area (Å²) in [7, 11) is 6.57. The van der Waals surface area contributed by atoms with Crippen molar-refractivity contribution in [3.8, 4) is 11.1 Å². The van der Waals surface area contributed by atoms with Gasteiger partial charge in [0.05, 0.1) is 0 Å². The van der Waals surface area contributed by atoms with E-state index in [-0.39, 0.29) is 25.8 Å². The zero-order chi connectivity index (χ0) is 24.7. The molecule has 182 valence electrons. The van der Waals surface area contributed by atoms with Crippen LogP contribution in [0.4, 0.5) is 0 Å². The van der Waals surface area contributed by atoms with Gasteiger partial charge in [0.15, 0.2) is 0 Å². The van der Waals surface area contributed by atoms with Crippen LogP contribution in [0.5, 0.6) is 0 Å². The van der Waals surface area contributed by atoms with Gasteiger partial charge >= 0.3 is 0 Å². The Bertz CT molecular complexity index is 1120. The first kappa shape index (κ1) is 29.5. The molecule has 0 fully saturated rings. The molecule has 0 N–H and O–H groups in total. The van der Waals surface area contributed by atoms with Gasteiger partial charge in [-0.05, 0) is 48.9 Å². The van der Waals surface area contributed by atoms with Crippen LogP contribution in [0.25, 0.3) is 21.8 Å². The van der Waals surface area contributed by atoms with E-state index in [1.54, 1.807) is 28.2 Å². The molecular weight excluding hydrogens is 607 g/mol. The summed E-state index contributed by atoms with van der Waals surface area (Å²) >= 11 is 0. The minimum atomic E-state index is -0.428. The minimum absolute atomic E-state index is 0. The van der Waals surface area contributed by atoms with Gasteiger partial charge in [0.2, 0.25) is 0 Å². The summed E-state index contributed by atoms with van der Waals surface area (Å²) in [6.07, 6.45) is 11.6. The largest absolute Gasteiger partial charge is 0.668 e. The van der Waals surface area contributed by atoms with Crippen LogP contribution in [0.1, 0.15) is 30.4 Å². The monoisotopic (exact) mass is 645 g/mol. The molecule has 0 aromatic heterocycles. The van der Waals surface area contributed by atoms with Crippen molar-refractivity contribution in [2.45, 2.75) is 32.4 Å². The number of allylic oxidation sites excluding steroid dienone is 8. The molecule has 0 amide bonds. The third-order valence-electron chi connectivity index (χ3n) is 6.12. The van der Waals surface area contributed by atoms with Gasteiger partial charge in [-0.2, -0.15) is 39.3 Å². The van der Waals surface area contributed by atoms with Gasteiger partial charge < -0.3 is 10.6 Å². The van der Waals surface area contributed by atoms with E-state index >= 15 is 0 Å². The Morgan fingerprint density at radius 2 is 1.37 bits per heavy atom. The smallest absolute Gasteiger partial charge is 0 e. The second-order valence-electron chi connectivity index (χ2n) is 9.17. The Morgan fingerprint density at radius 3 is 1.89 bits per heavy atom. The summed E-state index contributed by atoms with van der Waals surface area (Å²) in [6.45, 7) is 7.04. The zero-order valence-corrected chi connectivity index (χ0v) is 26.8. The molecule has 4 heteroatoms. The average molecular weight is 644 g/mol. The van der Waals surface area contributed by atoms with Gasteiger partial charge in [0.1, 0.15) is 0 Å². The molecule has 3 aliphatic carbocycles. The molecule has 2 aromatic carbocycles. The van der Waals surface area contributed by atoms with Crippen molar-refractivity contribution in [3.05, 3.63) is 117 Å². The normalized spacial score (nSPS) is 17.2. The second-order valence-corrected chi connectivity index (χ2v) is 11.7. The number of hydrogen-bond acceptors (Lipinski definition) is 0. The Kier molecular flexibility index (Phi) is 11.9. The van der Waals surface area contributed by atoms with Crippen molar-refractivity contribution < 1.29 is 25.8 Å². The minimum Gasteiger partial charge on any atom is -0.668 e. The first-order chi connectivity index (χ1) is 16.5. The number of rotatable bonds is 2. The van der Waals surface area contributed by atoms with E-state index in [0.717, 1.165) is 6.42 Å². The Morgan fingerprint density at radius 1 is 0.857 bits per heavy atom. The van der Waals surface area contributed by atoms with Crippen molar-refractivity contribution >= 4 is 14.1 Å². The number of fused-ring (bicyclic) bond motifs is 4. The predicted octanol–water partition coefficient (Wildman–Crippen LogP) is 7.74. The average Bonchev–Trinajstić information content (AvgIpc) is 3.23. The summed E-state index contributed by atoms with van der Waals surface area (Å²) in [6, 6.07) is 17.9. The molecule has 35 heavy (non-hydrogen) atoms. The fourth-order valence-corrected chi connectivity index (χ4v) is 6.22. The number of hydrogen-bond donors (Lipinski definition) is 0. The molecule has 0 radical (unpaired) electrons. The molecule has 5 rings (SSSR count). The van der Waals surface area contributed by atoms with Gasteiger partial charge in [-0.3, -0.25) is 0 Å². The first-order valence-electron chi connectivity index (χ1n) is 12.0. The van der Waals surface area contributed by atoms with Crippen molar-refractivity contribution in [1.29, 1.82) is 0 Å². The molecule has 0 aliphatic heterocycles. The zero-order valence-electron chi connectivity index (χ0n) is 22.2. The van der Waals surface area contributed by atoms with Crippen LogP contribution in [0, 0.1) is 12.0 Å². The van der Waals surface area contributed by atoms with Gasteiger partial charge in [-0.1, -0.05) is 74.6 Å². The van der Waals surface area contributed by atoms with Crippen molar-refractivity contribution in [3.63, 3.8) is 0 Å². The number of nitrogens with zero attached hydrogens (tertiary/aromatic N) is 2. The summed E-state index contributed by atoms with van der Waals surface area (Å²) in [5.41, 5.74) is 13.9. The molecule has 0 saturated carbocycles. The molecule has 0 spiro atoms. The maximum atomic E-state index is 3.73. The van der Waals surface area contributed by atoms with Crippen LogP contribution in [0.3, 0.4) is 0 Å². The van der Waals surface area contributed by atoms with Crippen LogP contribution < -0.4 is 0 Å². The number of benzene rings is 2. The fourth-order valence-electron chi connectivity index (χ4n) is 5.11. The molecule has 1 unspecified atom stereocenters. The molecule has 0 bridgehead atoms. The summed E-state index contributed by atoms with van der Waals surface area (Å²) in [5.74, 6) is 0.813. The maximum absolute atomic E-state index is 3.73. The summed E-state index contributed by atoms with van der Waals surface area (Å²) in [4.78, 5) is 0. The molecule has 1 atom stereocenters. The van der Waals surface area contributed by atoms with Crippen molar-refractivity contribution in [2.24, 2.45) is 5.92 Å². The van der Waals surface area contributed by atoms with E-state index in [0.29, 0.717) is 11.8 Å². The maximum Gasteiger partial charge on any atom is 0 e. The van der Waals surface area contributed by atoms with E-state index in [9.17, 15) is 0 Å². The third-order valence-corrected chi connectivity index (χ3v) is 7.19. The standard InChI is InChI=1S/C27H25Si.2C2H6N.Hf/c1-18-16-19-10-4-5-11-20(17-28(2)3)26(19)25(18)27-23-14-8-6-12-21(23)22-13-7-9-15-24(22)27;2*1-3-2;/h4-10,12-15,17,20,27H,11H2,1-3H3;2*1-2H3;/q3*-1;. The summed E-state index contributed by atoms with van der Waals surface area (Å²) < 4.78 is 0. The molecular formula is C31H37HfN2Si-3. The molecule has 3 aliphatic rings. The Hall–Kier alpha value is -1.72. The van der Waals surface area contributed by atoms with Gasteiger partial charge in [0, 0.05) is 25.8 Å². The van der Waals surface area contributed by atoms with Crippen LogP contribution in [-0.4, -0.2) is 42.3 Å². The van der Waals surface area contributed by atoms with Gasteiger partial charge in [-0.25, -0.2) is 0 Å². The fraction of sp³-hybridized carbons (Fsp3) is 0.323. The second kappa shape index (κ2) is 14.1. The molecule has 0 saturated heterocycles. The Balaban J connectivity index is 0.000000564. The molecule has 2 aromatic rings. The molecule has 0 heterocycles. The topological polar surface area (TPSA) is 28.2 Å². The van der Waals surface area contributed by atoms with E-state index in [1.165, 1.54) is 44.5 Å². The van der Waals surface area contributed by atoms with Crippen LogP contribution in [-0.2, 0) is 25.8 Å². The quantitative estimate of drug-likeness (QED) is 0.237. The third kappa shape index (κ3) is 6.54. The van der Waals surface area contributed by atoms with E-state index < -0.39 is 8.41 Å². The van der Waals surface area contributed by atoms with Gasteiger partial charge in [0.25, 0.3) is 0 Å². The summed E-state index contributed by atoms with van der Waals surface area (Å²) in [5, 5.41) is 7.00. The van der Waals surface area contributed by atoms with E-state index in [1.807, 2.05) is 0 Å². The molecule has 2 nitrogen and oxygen atoms in total. The van der Waals surface area contributed by atoms with Crippen molar-refractivity contribution in [2.75, 3.05) is 28.2 Å². The van der Waals surface area contributed by atoms with Crippen LogP contribution >= 0.6 is 0 Å². The predicted molar refractivity (Wildman–Crippen MR) is 152 cm³/mol. The first-order valence-corrected chi connectivity index (χ1v) is 14.6. The van der Waals surface area contributed by atoms with Gasteiger partial charge in [-0.15, -0.1) is 35.0 Å².